The van der Waals surface area contributed by atoms with Crippen molar-refractivity contribution >= 4 is 17.0 Å². The van der Waals surface area contributed by atoms with E-state index in [1.165, 1.54) is 0 Å². The highest BCUT2D eigenvalue weighted by molar-refractivity contribution is 5.78. The fourth-order valence-corrected chi connectivity index (χ4v) is 2.30. The van der Waals surface area contributed by atoms with Crippen molar-refractivity contribution in [3.05, 3.63) is 30.0 Å². The first-order valence-corrected chi connectivity index (χ1v) is 5.37. The number of aromatic amines is 1. The molecule has 0 atom stereocenters. The maximum absolute atomic E-state index is 10.5. The molecule has 0 amide bonds. The summed E-state index contributed by atoms with van der Waals surface area (Å²) in [6.45, 7) is 0. The van der Waals surface area contributed by atoms with Crippen LogP contribution in [-0.2, 0) is 10.3 Å². The smallest absolute Gasteiger partial charge is 0.235 e. The molecule has 0 aliphatic heterocycles. The molecule has 1 heterocycles. The first-order chi connectivity index (χ1) is 7.84. The minimum Gasteiger partial charge on any atom is -0.278 e. The number of nitrogens with zero attached hydrogens (tertiary/aromatic N) is 2. The van der Waals surface area contributed by atoms with Gasteiger partial charge in [0.25, 0.3) is 0 Å². The van der Waals surface area contributed by atoms with Crippen LogP contribution in [0, 0.1) is 0 Å². The molecule has 80 valence electrons. The summed E-state index contributed by atoms with van der Waals surface area (Å²) in [6, 6.07) is 6.05. The van der Waals surface area contributed by atoms with Gasteiger partial charge in [-0.3, -0.25) is 5.10 Å². The molecule has 2 aromatic rings. The van der Waals surface area contributed by atoms with Crippen molar-refractivity contribution in [3.63, 3.8) is 0 Å². The average molecular weight is 213 g/mol. The van der Waals surface area contributed by atoms with E-state index in [2.05, 4.69) is 21.3 Å². The Morgan fingerprint density at radius 1 is 1.44 bits per heavy atom. The van der Waals surface area contributed by atoms with Crippen LogP contribution in [0.1, 0.15) is 24.8 Å². The van der Waals surface area contributed by atoms with E-state index in [0.717, 1.165) is 35.7 Å². The lowest BCUT2D eigenvalue weighted by Gasteiger charge is -2.37. The lowest BCUT2D eigenvalue weighted by molar-refractivity contribution is 0.256. The second-order valence-corrected chi connectivity index (χ2v) is 4.26. The first-order valence-electron chi connectivity index (χ1n) is 5.37. The third kappa shape index (κ3) is 1.20. The number of fused-ring (bicyclic) bond motifs is 1. The van der Waals surface area contributed by atoms with Gasteiger partial charge >= 0.3 is 0 Å². The van der Waals surface area contributed by atoms with Gasteiger partial charge in [0.1, 0.15) is 0 Å². The van der Waals surface area contributed by atoms with Crippen molar-refractivity contribution in [2.24, 2.45) is 4.99 Å². The van der Waals surface area contributed by atoms with Crippen molar-refractivity contribution in [3.8, 4) is 0 Å². The summed E-state index contributed by atoms with van der Waals surface area (Å²) >= 11 is 0. The summed E-state index contributed by atoms with van der Waals surface area (Å²) in [7, 11) is 0. The Hall–Kier alpha value is -1.93. The number of hydrogen-bond donors (Lipinski definition) is 1. The number of hydrogen-bond acceptors (Lipinski definition) is 3. The first kappa shape index (κ1) is 9.31. The minimum absolute atomic E-state index is 0.312. The van der Waals surface area contributed by atoms with Crippen LogP contribution in [0.15, 0.2) is 29.4 Å². The monoisotopic (exact) mass is 213 g/mol. The molecule has 0 radical (unpaired) electrons. The van der Waals surface area contributed by atoms with Gasteiger partial charge in [0.2, 0.25) is 6.08 Å². The standard InChI is InChI=1S/C12H11N3O/c16-8-13-12(4-1-5-12)10-2-3-11-9(6-10)7-14-15-11/h2-3,6-7H,1,4-5H2,(H,14,15). The predicted molar refractivity (Wildman–Crippen MR) is 59.7 cm³/mol. The molecule has 1 aliphatic carbocycles. The molecule has 1 aliphatic rings. The van der Waals surface area contributed by atoms with Gasteiger partial charge in [-0.15, -0.1) is 0 Å². The van der Waals surface area contributed by atoms with Crippen LogP contribution in [0.3, 0.4) is 0 Å². The summed E-state index contributed by atoms with van der Waals surface area (Å²) in [4.78, 5) is 14.5. The molecule has 1 aromatic heterocycles. The van der Waals surface area contributed by atoms with Crippen LogP contribution in [0.4, 0.5) is 0 Å². The highest BCUT2D eigenvalue weighted by Crippen LogP contribution is 2.45. The lowest BCUT2D eigenvalue weighted by atomic mass is 9.72. The summed E-state index contributed by atoms with van der Waals surface area (Å²) in [6.07, 6.45) is 6.48. The zero-order valence-electron chi connectivity index (χ0n) is 8.73. The third-order valence-electron chi connectivity index (χ3n) is 3.42. The van der Waals surface area contributed by atoms with Gasteiger partial charge in [-0.25, -0.2) is 4.79 Å². The molecular weight excluding hydrogens is 202 g/mol. The zero-order valence-corrected chi connectivity index (χ0v) is 8.73. The maximum atomic E-state index is 10.5. The second kappa shape index (κ2) is 3.29. The molecule has 4 nitrogen and oxygen atoms in total. The van der Waals surface area contributed by atoms with E-state index in [0.29, 0.717) is 0 Å². The number of isocyanates is 1. The summed E-state index contributed by atoms with van der Waals surface area (Å²) in [5, 5.41) is 7.95. The van der Waals surface area contributed by atoms with Gasteiger partial charge in [0, 0.05) is 5.39 Å². The zero-order chi connectivity index (χ0) is 11.0. The Morgan fingerprint density at radius 3 is 3.00 bits per heavy atom. The molecule has 0 saturated heterocycles. The number of nitrogens with one attached hydrogen (secondary N) is 1. The van der Waals surface area contributed by atoms with E-state index in [1.54, 1.807) is 12.3 Å². The summed E-state index contributed by atoms with van der Waals surface area (Å²) in [5.74, 6) is 0. The van der Waals surface area contributed by atoms with Crippen molar-refractivity contribution in [1.29, 1.82) is 0 Å². The van der Waals surface area contributed by atoms with Gasteiger partial charge in [-0.2, -0.15) is 10.1 Å². The van der Waals surface area contributed by atoms with Crippen molar-refractivity contribution in [2.75, 3.05) is 0 Å². The Labute approximate surface area is 92.4 Å². The van der Waals surface area contributed by atoms with Crippen molar-refractivity contribution in [1.82, 2.24) is 10.2 Å². The van der Waals surface area contributed by atoms with Crippen LogP contribution in [0.2, 0.25) is 0 Å². The number of rotatable bonds is 2. The molecule has 4 heteroatoms. The summed E-state index contributed by atoms with van der Waals surface area (Å²) in [5.41, 5.74) is 1.79. The molecule has 1 fully saturated rings. The Bertz CT molecular complexity index is 577. The minimum atomic E-state index is -0.312. The van der Waals surface area contributed by atoms with E-state index in [4.69, 9.17) is 0 Å². The SMILES string of the molecule is O=C=NC1(c2ccc3[nH]ncc3c2)CCC1. The highest BCUT2D eigenvalue weighted by Gasteiger charge is 2.38. The quantitative estimate of drug-likeness (QED) is 0.614. The molecule has 0 unspecified atom stereocenters. The molecule has 1 N–H and O–H groups in total. The Morgan fingerprint density at radius 2 is 2.31 bits per heavy atom. The van der Waals surface area contributed by atoms with Gasteiger partial charge < -0.3 is 0 Å². The predicted octanol–water partition coefficient (Wildman–Crippen LogP) is 2.28. The molecule has 0 spiro atoms. The Kier molecular flexibility index (Phi) is 1.91. The molecule has 1 aromatic carbocycles. The van der Waals surface area contributed by atoms with Gasteiger partial charge in [-0.1, -0.05) is 6.07 Å². The molecule has 0 bridgehead atoms. The fraction of sp³-hybridized carbons (Fsp3) is 0.333. The number of H-pyrrole nitrogens is 1. The van der Waals surface area contributed by atoms with E-state index >= 15 is 0 Å². The average Bonchev–Trinajstić information content (AvgIpc) is 2.70. The molecule has 1 saturated carbocycles. The summed E-state index contributed by atoms with van der Waals surface area (Å²) < 4.78 is 0. The van der Waals surface area contributed by atoms with Crippen LogP contribution >= 0.6 is 0 Å². The third-order valence-corrected chi connectivity index (χ3v) is 3.42. The maximum Gasteiger partial charge on any atom is 0.235 e. The number of aromatic nitrogens is 2. The molecule has 16 heavy (non-hydrogen) atoms. The normalized spacial score (nSPS) is 17.8. The van der Waals surface area contributed by atoms with Crippen LogP contribution in [0.5, 0.6) is 0 Å². The van der Waals surface area contributed by atoms with Gasteiger partial charge in [0.15, 0.2) is 0 Å². The highest BCUT2D eigenvalue weighted by atomic mass is 16.1. The lowest BCUT2D eigenvalue weighted by Crippen LogP contribution is -2.31. The molecule has 3 rings (SSSR count). The Balaban J connectivity index is 2.13. The van der Waals surface area contributed by atoms with Crippen LogP contribution in [0.25, 0.3) is 10.9 Å². The second-order valence-electron chi connectivity index (χ2n) is 4.26. The molecular formula is C12H11N3O. The van der Waals surface area contributed by atoms with Crippen molar-refractivity contribution < 1.29 is 4.79 Å². The number of benzene rings is 1. The van der Waals surface area contributed by atoms with E-state index in [-0.39, 0.29) is 5.54 Å². The van der Waals surface area contributed by atoms with E-state index < -0.39 is 0 Å². The van der Waals surface area contributed by atoms with Gasteiger partial charge in [-0.05, 0) is 37.0 Å². The van der Waals surface area contributed by atoms with Gasteiger partial charge in [0.05, 0.1) is 17.3 Å². The van der Waals surface area contributed by atoms with Crippen LogP contribution in [-0.4, -0.2) is 16.3 Å². The van der Waals surface area contributed by atoms with Crippen molar-refractivity contribution in [2.45, 2.75) is 24.8 Å². The van der Waals surface area contributed by atoms with E-state index in [1.807, 2.05) is 12.1 Å². The van der Waals surface area contributed by atoms with Crippen LogP contribution < -0.4 is 0 Å². The number of carbonyl (C=O) groups excluding carboxylic acids is 1. The largest absolute Gasteiger partial charge is 0.278 e. The number of aliphatic imine (C=N–C) groups is 1. The topological polar surface area (TPSA) is 58.1 Å². The van der Waals surface area contributed by atoms with E-state index in [9.17, 15) is 4.79 Å². The fourth-order valence-electron chi connectivity index (χ4n) is 2.30.